The summed E-state index contributed by atoms with van der Waals surface area (Å²) < 4.78 is 0. The summed E-state index contributed by atoms with van der Waals surface area (Å²) in [5.41, 5.74) is 5.27. The molecule has 0 aliphatic carbocycles. The smallest absolute Gasteiger partial charge is 0.246 e. The molecule has 2 atom stereocenters. The van der Waals surface area contributed by atoms with Gasteiger partial charge in [-0.1, -0.05) is 6.08 Å². The van der Waals surface area contributed by atoms with E-state index in [-0.39, 0.29) is 18.3 Å². The van der Waals surface area contributed by atoms with Crippen molar-refractivity contribution in [1.29, 1.82) is 0 Å². The van der Waals surface area contributed by atoms with Crippen LogP contribution in [0.25, 0.3) is 0 Å². The Bertz CT molecular complexity index is 277. The van der Waals surface area contributed by atoms with Crippen molar-refractivity contribution in [3.05, 3.63) is 12.2 Å². The molecule has 1 rings (SSSR count). The minimum absolute atomic E-state index is 0. The number of halogens is 2. The van der Waals surface area contributed by atoms with Gasteiger partial charge in [0.15, 0.2) is 6.04 Å². The van der Waals surface area contributed by atoms with Crippen molar-refractivity contribution in [3.8, 4) is 0 Å². The third-order valence-electron chi connectivity index (χ3n) is 1.97. The van der Waals surface area contributed by atoms with Crippen LogP contribution >= 0.6 is 24.0 Å². The summed E-state index contributed by atoms with van der Waals surface area (Å²) in [6.07, 6.45) is 5.07. The number of amides is 1. The summed E-state index contributed by atoms with van der Waals surface area (Å²) in [6, 6.07) is -0.569. The number of alkyl halides is 1. The Morgan fingerprint density at radius 3 is 2.93 bits per heavy atom. The van der Waals surface area contributed by atoms with Crippen LogP contribution in [0.15, 0.2) is 17.1 Å². The van der Waals surface area contributed by atoms with Crippen LogP contribution in [0.2, 0.25) is 0 Å². The van der Waals surface area contributed by atoms with Crippen molar-refractivity contribution in [2.75, 3.05) is 13.1 Å². The second-order valence-corrected chi connectivity index (χ2v) is 4.11. The fourth-order valence-corrected chi connectivity index (χ4v) is 1.45. The fraction of sp³-hybridized carbons (Fsp3) is 0.556. The number of nitrogens with one attached hydrogen (secondary N) is 1. The van der Waals surface area contributed by atoms with E-state index in [1.54, 1.807) is 25.3 Å². The van der Waals surface area contributed by atoms with Crippen molar-refractivity contribution in [2.24, 2.45) is 10.7 Å². The standard InChI is InChI=1S/C9H14ClN3O.ClH/c1-9(10)3-2-5-12-7(9)8(14)13-6-4-11;/h2-3,5,7H,4,6,11H2,1H3,(H,13,14);1H. The average molecular weight is 252 g/mol. The van der Waals surface area contributed by atoms with E-state index in [1.165, 1.54) is 0 Å². The van der Waals surface area contributed by atoms with Gasteiger partial charge >= 0.3 is 0 Å². The fourth-order valence-electron chi connectivity index (χ4n) is 1.22. The molecule has 0 bridgehead atoms. The van der Waals surface area contributed by atoms with Crippen molar-refractivity contribution < 1.29 is 4.79 Å². The number of hydrogen-bond donors (Lipinski definition) is 2. The Morgan fingerprint density at radius 2 is 2.40 bits per heavy atom. The number of hydrogen-bond acceptors (Lipinski definition) is 3. The van der Waals surface area contributed by atoms with E-state index in [4.69, 9.17) is 17.3 Å². The Hall–Kier alpha value is -0.580. The van der Waals surface area contributed by atoms with Gasteiger partial charge in [-0.3, -0.25) is 9.79 Å². The molecule has 0 fully saturated rings. The Balaban J connectivity index is 0.00000196. The van der Waals surface area contributed by atoms with Gasteiger partial charge in [0.05, 0.1) is 4.87 Å². The maximum absolute atomic E-state index is 11.6. The van der Waals surface area contributed by atoms with Crippen LogP contribution in [0.3, 0.4) is 0 Å². The molecule has 86 valence electrons. The molecule has 1 aliphatic rings. The van der Waals surface area contributed by atoms with Crippen molar-refractivity contribution in [1.82, 2.24) is 5.32 Å². The first kappa shape index (κ1) is 14.4. The second-order valence-electron chi connectivity index (χ2n) is 3.29. The van der Waals surface area contributed by atoms with Gasteiger partial charge in [0.25, 0.3) is 0 Å². The summed E-state index contributed by atoms with van der Waals surface area (Å²) in [7, 11) is 0. The molecule has 0 saturated carbocycles. The molecule has 2 unspecified atom stereocenters. The van der Waals surface area contributed by atoms with Crippen molar-refractivity contribution in [3.63, 3.8) is 0 Å². The van der Waals surface area contributed by atoms with Crippen LogP contribution < -0.4 is 11.1 Å². The number of nitrogens with two attached hydrogens (primary N) is 1. The number of nitrogens with zero attached hydrogens (tertiary/aromatic N) is 1. The molecule has 1 amide bonds. The zero-order chi connectivity index (χ0) is 10.6. The largest absolute Gasteiger partial charge is 0.353 e. The van der Waals surface area contributed by atoms with Gasteiger partial charge in [-0.2, -0.15) is 0 Å². The lowest BCUT2D eigenvalue weighted by Gasteiger charge is -2.26. The zero-order valence-corrected chi connectivity index (χ0v) is 10.0. The van der Waals surface area contributed by atoms with E-state index in [1.807, 2.05) is 0 Å². The molecule has 1 aliphatic heterocycles. The Labute approximate surface area is 100 Å². The molecular weight excluding hydrogens is 237 g/mol. The lowest BCUT2D eigenvalue weighted by molar-refractivity contribution is -0.122. The summed E-state index contributed by atoms with van der Waals surface area (Å²) >= 11 is 6.12. The topological polar surface area (TPSA) is 67.5 Å². The highest BCUT2D eigenvalue weighted by Crippen LogP contribution is 2.25. The van der Waals surface area contributed by atoms with Crippen LogP contribution in [-0.4, -0.2) is 36.1 Å². The highest BCUT2D eigenvalue weighted by molar-refractivity contribution is 6.27. The second kappa shape index (κ2) is 6.10. The Kier molecular flexibility index (Phi) is 5.87. The predicted molar refractivity (Wildman–Crippen MR) is 65.0 cm³/mol. The molecule has 3 N–H and O–H groups in total. The third-order valence-corrected chi connectivity index (χ3v) is 2.30. The van der Waals surface area contributed by atoms with E-state index in [9.17, 15) is 4.79 Å². The minimum atomic E-state index is -0.743. The van der Waals surface area contributed by atoms with Crippen LogP contribution in [0.5, 0.6) is 0 Å². The molecule has 6 heteroatoms. The van der Waals surface area contributed by atoms with Crippen LogP contribution in [0, 0.1) is 0 Å². The minimum Gasteiger partial charge on any atom is -0.353 e. The highest BCUT2D eigenvalue weighted by atomic mass is 35.5. The molecule has 1 heterocycles. The first-order valence-corrected chi connectivity index (χ1v) is 4.83. The van der Waals surface area contributed by atoms with Gasteiger partial charge in [-0.25, -0.2) is 0 Å². The van der Waals surface area contributed by atoms with Crippen molar-refractivity contribution in [2.45, 2.75) is 17.8 Å². The number of carbonyl (C=O) groups excluding carboxylic acids is 1. The first-order valence-electron chi connectivity index (χ1n) is 4.45. The van der Waals surface area contributed by atoms with Crippen molar-refractivity contribution >= 4 is 36.1 Å². The van der Waals surface area contributed by atoms with Gasteiger partial charge in [0.2, 0.25) is 5.91 Å². The molecule has 15 heavy (non-hydrogen) atoms. The number of rotatable bonds is 3. The first-order chi connectivity index (χ1) is 6.58. The van der Waals surface area contributed by atoms with Gasteiger partial charge in [-0.05, 0) is 13.0 Å². The van der Waals surface area contributed by atoms with E-state index < -0.39 is 10.9 Å². The van der Waals surface area contributed by atoms with Gasteiger partial charge in [0.1, 0.15) is 0 Å². The van der Waals surface area contributed by atoms with E-state index in [0.29, 0.717) is 13.1 Å². The van der Waals surface area contributed by atoms with Gasteiger partial charge < -0.3 is 11.1 Å². The van der Waals surface area contributed by atoms with E-state index in [0.717, 1.165) is 0 Å². The lowest BCUT2D eigenvalue weighted by Crippen LogP contribution is -2.46. The van der Waals surface area contributed by atoms with Crippen LogP contribution in [-0.2, 0) is 4.79 Å². The van der Waals surface area contributed by atoms with Gasteiger partial charge in [0, 0.05) is 19.3 Å². The summed E-state index contributed by atoms with van der Waals surface area (Å²) in [5, 5.41) is 2.66. The molecule has 0 saturated heterocycles. The molecule has 0 aromatic carbocycles. The maximum atomic E-state index is 11.6. The molecular formula is C9H15Cl2N3O. The molecule has 0 aromatic rings. The molecule has 0 spiro atoms. The van der Waals surface area contributed by atoms with Crippen LogP contribution in [0.4, 0.5) is 0 Å². The average Bonchev–Trinajstić information content (AvgIpc) is 2.13. The molecule has 0 radical (unpaired) electrons. The zero-order valence-electron chi connectivity index (χ0n) is 8.44. The Morgan fingerprint density at radius 1 is 1.73 bits per heavy atom. The number of aliphatic imine (C=N–C) groups is 1. The quantitative estimate of drug-likeness (QED) is 0.718. The van der Waals surface area contributed by atoms with E-state index in [2.05, 4.69) is 10.3 Å². The predicted octanol–water partition coefficient (Wildman–Crippen LogP) is 0.490. The van der Waals surface area contributed by atoms with Crippen LogP contribution in [0.1, 0.15) is 6.92 Å². The van der Waals surface area contributed by atoms with E-state index >= 15 is 0 Å². The normalized spacial score (nSPS) is 28.3. The van der Waals surface area contributed by atoms with Gasteiger partial charge in [-0.15, -0.1) is 24.0 Å². The molecule has 4 nitrogen and oxygen atoms in total. The molecule has 0 aromatic heterocycles. The number of allylic oxidation sites excluding steroid dienone is 1. The lowest BCUT2D eigenvalue weighted by atomic mass is 9.98. The third kappa shape index (κ3) is 3.81. The monoisotopic (exact) mass is 251 g/mol. The number of dihydropyridines is 1. The highest BCUT2D eigenvalue weighted by Gasteiger charge is 2.35. The number of carbonyl (C=O) groups is 1. The SMILES string of the molecule is CC1(Cl)C=CC=NC1C(=O)NCCN.Cl. The summed E-state index contributed by atoms with van der Waals surface area (Å²) in [4.78, 5) is 14.9. The summed E-state index contributed by atoms with van der Waals surface area (Å²) in [6.45, 7) is 2.62. The summed E-state index contributed by atoms with van der Waals surface area (Å²) in [5.74, 6) is -0.187. The maximum Gasteiger partial charge on any atom is 0.246 e.